The molecule has 0 amide bonds. The van der Waals surface area contributed by atoms with Crippen LogP contribution in [0, 0.1) is 3.57 Å². The van der Waals surface area contributed by atoms with Crippen LogP contribution in [0.25, 0.3) is 0 Å². The Kier molecular flexibility index (Phi) is 2.74. The van der Waals surface area contributed by atoms with Crippen molar-refractivity contribution < 1.29 is 5.11 Å². The van der Waals surface area contributed by atoms with Gasteiger partial charge in [0.05, 0.1) is 0 Å². The number of benzene rings is 1. The molecule has 2 N–H and O–H groups in total. The summed E-state index contributed by atoms with van der Waals surface area (Å²) in [4.78, 5) is 0. The second-order valence-electron chi connectivity index (χ2n) is 3.40. The number of hydrogen-bond acceptors (Lipinski definition) is 2. The third-order valence-electron chi connectivity index (χ3n) is 2.48. The molecular weight excluding hydrogens is 277 g/mol. The van der Waals surface area contributed by atoms with Crippen molar-refractivity contribution in [3.05, 3.63) is 27.3 Å². The van der Waals surface area contributed by atoms with Crippen LogP contribution in [0.4, 0.5) is 0 Å². The third-order valence-corrected chi connectivity index (χ3v) is 3.42. The number of nitrogens with one attached hydrogen (secondary N) is 1. The monoisotopic (exact) mass is 289 g/mol. The van der Waals surface area contributed by atoms with Crippen LogP contribution in [0.1, 0.15) is 17.9 Å². The molecule has 2 nitrogen and oxygen atoms in total. The first-order chi connectivity index (χ1) is 6.27. The molecule has 0 aliphatic carbocycles. The van der Waals surface area contributed by atoms with Crippen molar-refractivity contribution in [2.45, 2.75) is 12.3 Å². The number of hydrogen-bond donors (Lipinski definition) is 2. The highest BCUT2D eigenvalue weighted by molar-refractivity contribution is 14.1. The molecule has 70 valence electrons. The van der Waals surface area contributed by atoms with Gasteiger partial charge in [-0.3, -0.25) is 0 Å². The molecule has 1 aliphatic heterocycles. The fourth-order valence-electron chi connectivity index (χ4n) is 1.77. The van der Waals surface area contributed by atoms with Crippen molar-refractivity contribution in [2.24, 2.45) is 0 Å². The summed E-state index contributed by atoms with van der Waals surface area (Å²) in [5, 5.41) is 12.6. The van der Waals surface area contributed by atoms with E-state index in [0.717, 1.165) is 13.1 Å². The van der Waals surface area contributed by atoms with Crippen molar-refractivity contribution in [1.82, 2.24) is 5.32 Å². The van der Waals surface area contributed by atoms with Gasteiger partial charge in [0.15, 0.2) is 0 Å². The maximum atomic E-state index is 9.26. The molecule has 1 saturated heterocycles. The fourth-order valence-corrected chi connectivity index (χ4v) is 2.71. The summed E-state index contributed by atoms with van der Waals surface area (Å²) in [5.41, 5.74) is 1.36. The van der Waals surface area contributed by atoms with E-state index < -0.39 is 0 Å². The van der Waals surface area contributed by atoms with Crippen LogP contribution in [0.5, 0.6) is 5.75 Å². The lowest BCUT2D eigenvalue weighted by molar-refractivity contribution is 0.474. The lowest BCUT2D eigenvalue weighted by atomic mass is 9.98. The number of rotatable bonds is 1. The van der Waals surface area contributed by atoms with Crippen molar-refractivity contribution in [1.29, 1.82) is 0 Å². The van der Waals surface area contributed by atoms with E-state index in [1.54, 1.807) is 6.07 Å². The minimum absolute atomic E-state index is 0.360. The Bertz CT molecular complexity index is 308. The zero-order valence-electron chi connectivity index (χ0n) is 7.26. The second kappa shape index (κ2) is 3.84. The molecule has 1 aromatic rings. The predicted octanol–water partition coefficient (Wildman–Crippen LogP) is 2.07. The van der Waals surface area contributed by atoms with Gasteiger partial charge < -0.3 is 10.4 Å². The Morgan fingerprint density at radius 1 is 1.46 bits per heavy atom. The summed E-state index contributed by atoms with van der Waals surface area (Å²) < 4.78 is 1.17. The summed E-state index contributed by atoms with van der Waals surface area (Å²) >= 11 is 2.29. The van der Waals surface area contributed by atoms with E-state index in [1.807, 2.05) is 12.1 Å². The van der Waals surface area contributed by atoms with Gasteiger partial charge in [0.25, 0.3) is 0 Å². The van der Waals surface area contributed by atoms with Gasteiger partial charge in [-0.05, 0) is 59.2 Å². The highest BCUT2D eigenvalue weighted by atomic mass is 127. The van der Waals surface area contributed by atoms with E-state index in [0.29, 0.717) is 11.7 Å². The number of phenols is 1. The minimum atomic E-state index is 0.360. The fraction of sp³-hybridized carbons (Fsp3) is 0.400. The molecule has 0 radical (unpaired) electrons. The molecule has 1 aliphatic rings. The summed E-state index contributed by atoms with van der Waals surface area (Å²) in [7, 11) is 0. The summed E-state index contributed by atoms with van der Waals surface area (Å²) in [6.07, 6.45) is 1.21. The molecule has 0 saturated carbocycles. The zero-order chi connectivity index (χ0) is 9.26. The predicted molar refractivity (Wildman–Crippen MR) is 61.1 cm³/mol. The quantitative estimate of drug-likeness (QED) is 0.776. The van der Waals surface area contributed by atoms with Crippen molar-refractivity contribution >= 4 is 22.6 Å². The first-order valence-corrected chi connectivity index (χ1v) is 5.54. The molecule has 0 spiro atoms. The van der Waals surface area contributed by atoms with Crippen LogP contribution in [0.15, 0.2) is 18.2 Å². The number of phenolic OH excluding ortho intramolecular Hbond substituents is 1. The average Bonchev–Trinajstić information content (AvgIpc) is 2.56. The van der Waals surface area contributed by atoms with Gasteiger partial charge in [-0.2, -0.15) is 0 Å². The van der Waals surface area contributed by atoms with Gasteiger partial charge in [-0.1, -0.05) is 6.07 Å². The maximum Gasteiger partial charge on any atom is 0.116 e. The van der Waals surface area contributed by atoms with Crippen molar-refractivity contribution in [2.75, 3.05) is 13.1 Å². The summed E-state index contributed by atoms with van der Waals surface area (Å²) in [6, 6.07) is 5.64. The van der Waals surface area contributed by atoms with Crippen LogP contribution in [-0.4, -0.2) is 18.2 Å². The zero-order valence-corrected chi connectivity index (χ0v) is 9.41. The number of aromatic hydroxyl groups is 1. The normalized spacial score (nSPS) is 22.1. The van der Waals surface area contributed by atoms with Crippen LogP contribution < -0.4 is 5.32 Å². The maximum absolute atomic E-state index is 9.26. The van der Waals surface area contributed by atoms with Crippen LogP contribution in [0.2, 0.25) is 0 Å². The molecule has 0 aromatic heterocycles. The molecule has 1 aromatic carbocycles. The molecule has 2 rings (SSSR count). The van der Waals surface area contributed by atoms with Gasteiger partial charge in [-0.15, -0.1) is 0 Å². The van der Waals surface area contributed by atoms with Crippen molar-refractivity contribution in [3.63, 3.8) is 0 Å². The smallest absolute Gasteiger partial charge is 0.116 e. The molecule has 0 unspecified atom stereocenters. The second-order valence-corrected chi connectivity index (χ2v) is 4.56. The van der Waals surface area contributed by atoms with Gasteiger partial charge in [-0.25, -0.2) is 0 Å². The Morgan fingerprint density at radius 2 is 2.31 bits per heavy atom. The molecular formula is C10H12INO. The van der Waals surface area contributed by atoms with Crippen LogP contribution >= 0.6 is 22.6 Å². The first-order valence-electron chi connectivity index (χ1n) is 4.46. The largest absolute Gasteiger partial charge is 0.508 e. The van der Waals surface area contributed by atoms with Crippen molar-refractivity contribution in [3.8, 4) is 5.75 Å². The Morgan fingerprint density at radius 3 is 2.92 bits per heavy atom. The lowest BCUT2D eigenvalue weighted by Gasteiger charge is -2.10. The van der Waals surface area contributed by atoms with E-state index in [9.17, 15) is 5.11 Å². The molecule has 0 bridgehead atoms. The van der Waals surface area contributed by atoms with Gasteiger partial charge in [0, 0.05) is 10.1 Å². The molecule has 3 heteroatoms. The van der Waals surface area contributed by atoms with Gasteiger partial charge >= 0.3 is 0 Å². The molecule has 1 fully saturated rings. The SMILES string of the molecule is Oc1ccc([C@H]2CCNC2)c(I)c1. The first kappa shape index (κ1) is 9.27. The van der Waals surface area contributed by atoms with E-state index in [-0.39, 0.29) is 0 Å². The van der Waals surface area contributed by atoms with E-state index in [1.165, 1.54) is 15.6 Å². The standard InChI is InChI=1S/C10H12INO/c11-10-5-8(13)1-2-9(10)7-3-4-12-6-7/h1-2,5,7,12-13H,3-4,6H2/t7-/m0/s1. The average molecular weight is 289 g/mol. The Balaban J connectivity index is 2.29. The lowest BCUT2D eigenvalue weighted by Crippen LogP contribution is -2.08. The van der Waals surface area contributed by atoms with E-state index >= 15 is 0 Å². The Labute approximate surface area is 91.5 Å². The van der Waals surface area contributed by atoms with E-state index in [4.69, 9.17) is 0 Å². The van der Waals surface area contributed by atoms with Gasteiger partial charge in [0.1, 0.15) is 5.75 Å². The van der Waals surface area contributed by atoms with Crippen LogP contribution in [0.3, 0.4) is 0 Å². The van der Waals surface area contributed by atoms with Gasteiger partial charge in [0.2, 0.25) is 0 Å². The number of halogens is 1. The third kappa shape index (κ3) is 1.96. The highest BCUT2D eigenvalue weighted by Crippen LogP contribution is 2.28. The topological polar surface area (TPSA) is 32.3 Å². The Hall–Kier alpha value is -0.290. The molecule has 1 atom stereocenters. The minimum Gasteiger partial charge on any atom is -0.508 e. The summed E-state index contributed by atoms with van der Waals surface area (Å²) in [5.74, 6) is 0.992. The molecule has 13 heavy (non-hydrogen) atoms. The molecule has 1 heterocycles. The highest BCUT2D eigenvalue weighted by Gasteiger charge is 2.18. The van der Waals surface area contributed by atoms with Crippen LogP contribution in [-0.2, 0) is 0 Å². The summed E-state index contributed by atoms with van der Waals surface area (Å²) in [6.45, 7) is 2.18. The van der Waals surface area contributed by atoms with E-state index in [2.05, 4.69) is 27.9 Å².